The molecule has 2 aromatic heterocycles. The number of ether oxygens (including phenoxy) is 1. The van der Waals surface area contributed by atoms with Crippen LogP contribution in [0.4, 0.5) is 11.6 Å². The maximum Gasteiger partial charge on any atom is 0.218 e. The van der Waals surface area contributed by atoms with Gasteiger partial charge in [-0.3, -0.25) is 4.98 Å². The fourth-order valence-electron chi connectivity index (χ4n) is 1.01. The van der Waals surface area contributed by atoms with E-state index in [2.05, 4.69) is 25.3 Å². The number of hydrogen-bond donors (Lipinski definition) is 1. The van der Waals surface area contributed by atoms with E-state index in [0.717, 1.165) is 0 Å². The van der Waals surface area contributed by atoms with Crippen molar-refractivity contribution in [2.75, 3.05) is 12.4 Å². The van der Waals surface area contributed by atoms with Gasteiger partial charge in [0, 0.05) is 18.5 Å². The van der Waals surface area contributed by atoms with Gasteiger partial charge in [-0.1, -0.05) is 0 Å². The van der Waals surface area contributed by atoms with E-state index >= 15 is 0 Å². The Labute approximate surface area is 86.4 Å². The number of rotatable bonds is 3. The first-order chi connectivity index (χ1) is 7.38. The summed E-state index contributed by atoms with van der Waals surface area (Å²) in [7, 11) is 1.55. The summed E-state index contributed by atoms with van der Waals surface area (Å²) >= 11 is 0. The molecule has 0 amide bonds. The fourth-order valence-corrected chi connectivity index (χ4v) is 1.01. The van der Waals surface area contributed by atoms with Crippen LogP contribution in [-0.4, -0.2) is 27.0 Å². The highest BCUT2D eigenvalue weighted by atomic mass is 16.5. The van der Waals surface area contributed by atoms with Crippen molar-refractivity contribution in [2.24, 2.45) is 0 Å². The Morgan fingerprint density at radius 2 is 2.07 bits per heavy atom. The molecular formula is C9H9N5O. The first kappa shape index (κ1) is 9.32. The summed E-state index contributed by atoms with van der Waals surface area (Å²) in [4.78, 5) is 15.9. The van der Waals surface area contributed by atoms with E-state index in [-0.39, 0.29) is 0 Å². The third kappa shape index (κ3) is 2.37. The smallest absolute Gasteiger partial charge is 0.218 e. The van der Waals surface area contributed by atoms with Crippen LogP contribution >= 0.6 is 0 Å². The number of aromatic nitrogens is 4. The van der Waals surface area contributed by atoms with Gasteiger partial charge in [0.2, 0.25) is 5.88 Å². The largest absolute Gasteiger partial charge is 0.481 e. The molecule has 0 aliphatic heterocycles. The van der Waals surface area contributed by atoms with E-state index < -0.39 is 0 Å². The van der Waals surface area contributed by atoms with Crippen molar-refractivity contribution in [2.45, 2.75) is 0 Å². The molecule has 2 heterocycles. The lowest BCUT2D eigenvalue weighted by atomic mass is 10.5. The molecule has 6 nitrogen and oxygen atoms in total. The minimum absolute atomic E-state index is 0.497. The predicted molar refractivity (Wildman–Crippen MR) is 53.9 cm³/mol. The van der Waals surface area contributed by atoms with Crippen molar-refractivity contribution in [3.8, 4) is 5.88 Å². The van der Waals surface area contributed by atoms with Crippen molar-refractivity contribution < 1.29 is 4.74 Å². The summed E-state index contributed by atoms with van der Waals surface area (Å²) in [6, 6.07) is 1.68. The van der Waals surface area contributed by atoms with Gasteiger partial charge in [-0.2, -0.15) is 0 Å². The van der Waals surface area contributed by atoms with Gasteiger partial charge in [-0.25, -0.2) is 15.0 Å². The Kier molecular flexibility index (Phi) is 2.68. The number of methoxy groups -OCH3 is 1. The van der Waals surface area contributed by atoms with E-state index in [9.17, 15) is 0 Å². The van der Waals surface area contributed by atoms with Crippen LogP contribution in [-0.2, 0) is 0 Å². The molecule has 0 saturated heterocycles. The van der Waals surface area contributed by atoms with Gasteiger partial charge in [0.25, 0.3) is 0 Å². The zero-order valence-corrected chi connectivity index (χ0v) is 8.08. The molecule has 0 fully saturated rings. The molecule has 0 radical (unpaired) electrons. The summed E-state index contributed by atoms with van der Waals surface area (Å²) in [5.41, 5.74) is 0. The maximum absolute atomic E-state index is 4.97. The molecule has 1 N–H and O–H groups in total. The second-order valence-corrected chi connectivity index (χ2v) is 2.66. The number of hydrogen-bond acceptors (Lipinski definition) is 6. The van der Waals surface area contributed by atoms with E-state index in [4.69, 9.17) is 4.74 Å². The SMILES string of the molecule is COc1cc(Nc2cnccn2)ncn1. The highest BCUT2D eigenvalue weighted by molar-refractivity contribution is 5.50. The fraction of sp³-hybridized carbons (Fsp3) is 0.111. The lowest BCUT2D eigenvalue weighted by Gasteiger charge is -2.04. The maximum atomic E-state index is 4.97. The molecule has 2 aromatic rings. The monoisotopic (exact) mass is 203 g/mol. The Hall–Kier alpha value is -2.24. The van der Waals surface area contributed by atoms with Crippen LogP contribution in [0.25, 0.3) is 0 Å². The summed E-state index contributed by atoms with van der Waals surface area (Å²) in [6.45, 7) is 0. The average Bonchev–Trinajstić information content (AvgIpc) is 2.31. The van der Waals surface area contributed by atoms with Gasteiger partial charge in [0.15, 0.2) is 0 Å². The third-order valence-corrected chi connectivity index (χ3v) is 1.67. The molecule has 0 atom stereocenters. The number of anilines is 2. The lowest BCUT2D eigenvalue weighted by Crippen LogP contribution is -1.97. The zero-order chi connectivity index (χ0) is 10.5. The van der Waals surface area contributed by atoms with Gasteiger partial charge in [0.05, 0.1) is 13.3 Å². The third-order valence-electron chi connectivity index (χ3n) is 1.67. The van der Waals surface area contributed by atoms with Crippen LogP contribution in [0.15, 0.2) is 31.0 Å². The summed E-state index contributed by atoms with van der Waals surface area (Å²) in [5.74, 6) is 1.73. The van der Waals surface area contributed by atoms with Crippen LogP contribution in [0, 0.1) is 0 Å². The number of nitrogens with zero attached hydrogens (tertiary/aromatic N) is 4. The first-order valence-corrected chi connectivity index (χ1v) is 4.27. The zero-order valence-electron chi connectivity index (χ0n) is 8.08. The normalized spacial score (nSPS) is 9.67. The standard InChI is InChI=1S/C9H9N5O/c1-15-9-4-7(12-6-13-9)14-8-5-10-2-3-11-8/h2-6H,1H3,(H,11,12,13,14). The van der Waals surface area contributed by atoms with Crippen molar-refractivity contribution >= 4 is 11.6 Å². The van der Waals surface area contributed by atoms with Gasteiger partial charge >= 0.3 is 0 Å². The second-order valence-electron chi connectivity index (χ2n) is 2.66. The van der Waals surface area contributed by atoms with Crippen LogP contribution in [0.5, 0.6) is 5.88 Å². The van der Waals surface area contributed by atoms with E-state index in [1.54, 1.807) is 31.8 Å². The van der Waals surface area contributed by atoms with Gasteiger partial charge < -0.3 is 10.1 Å². The Morgan fingerprint density at radius 3 is 2.80 bits per heavy atom. The van der Waals surface area contributed by atoms with E-state index in [0.29, 0.717) is 17.5 Å². The molecule has 6 heteroatoms. The second kappa shape index (κ2) is 4.32. The number of nitrogens with one attached hydrogen (secondary N) is 1. The lowest BCUT2D eigenvalue weighted by molar-refractivity contribution is 0.397. The van der Waals surface area contributed by atoms with Crippen molar-refractivity contribution in [3.05, 3.63) is 31.0 Å². The van der Waals surface area contributed by atoms with Gasteiger partial charge in [-0.15, -0.1) is 0 Å². The van der Waals surface area contributed by atoms with Crippen LogP contribution in [0.1, 0.15) is 0 Å². The van der Waals surface area contributed by atoms with Crippen molar-refractivity contribution in [3.63, 3.8) is 0 Å². The minimum Gasteiger partial charge on any atom is -0.481 e. The Bertz CT molecular complexity index is 434. The van der Waals surface area contributed by atoms with Crippen molar-refractivity contribution in [1.82, 2.24) is 19.9 Å². The molecule has 0 aliphatic carbocycles. The summed E-state index contributed by atoms with van der Waals surface area (Å²) in [6.07, 6.45) is 6.22. The first-order valence-electron chi connectivity index (χ1n) is 4.27. The molecule has 0 aromatic carbocycles. The Balaban J connectivity index is 2.17. The molecule has 0 aliphatic rings. The van der Waals surface area contributed by atoms with Crippen LogP contribution in [0.2, 0.25) is 0 Å². The molecule has 0 saturated carbocycles. The molecule has 0 bridgehead atoms. The predicted octanol–water partition coefficient (Wildman–Crippen LogP) is 1.02. The molecule has 2 rings (SSSR count). The molecule has 0 spiro atoms. The molecule has 76 valence electrons. The molecular weight excluding hydrogens is 194 g/mol. The highest BCUT2D eigenvalue weighted by Crippen LogP contribution is 2.13. The topological polar surface area (TPSA) is 72.8 Å². The summed E-state index contributed by atoms with van der Waals surface area (Å²) < 4.78 is 4.97. The molecule has 0 unspecified atom stereocenters. The van der Waals surface area contributed by atoms with E-state index in [1.807, 2.05) is 0 Å². The van der Waals surface area contributed by atoms with Crippen LogP contribution < -0.4 is 10.1 Å². The average molecular weight is 203 g/mol. The van der Waals surface area contributed by atoms with Gasteiger partial charge in [-0.05, 0) is 0 Å². The van der Waals surface area contributed by atoms with Gasteiger partial charge in [0.1, 0.15) is 18.0 Å². The van der Waals surface area contributed by atoms with Crippen LogP contribution in [0.3, 0.4) is 0 Å². The molecule has 15 heavy (non-hydrogen) atoms. The highest BCUT2D eigenvalue weighted by Gasteiger charge is 1.99. The van der Waals surface area contributed by atoms with E-state index in [1.165, 1.54) is 6.33 Å². The van der Waals surface area contributed by atoms with Crippen molar-refractivity contribution in [1.29, 1.82) is 0 Å². The quantitative estimate of drug-likeness (QED) is 0.802. The summed E-state index contributed by atoms with van der Waals surface area (Å²) in [5, 5.41) is 2.97. The Morgan fingerprint density at radius 1 is 1.13 bits per heavy atom. The minimum atomic E-state index is 0.497.